The molecule has 0 aromatic heterocycles. The average molecular weight is 288 g/mol. The van der Waals surface area contributed by atoms with E-state index in [0.717, 1.165) is 10.4 Å². The van der Waals surface area contributed by atoms with E-state index in [-0.39, 0.29) is 0 Å². The second-order valence-corrected chi connectivity index (χ2v) is 4.43. The molecule has 0 heterocycles. The number of fused-ring (bicyclic) bond motifs is 1. The molecule has 0 atom stereocenters. The van der Waals surface area contributed by atoms with Crippen molar-refractivity contribution < 1.29 is 0 Å². The summed E-state index contributed by atoms with van der Waals surface area (Å²) in [6.07, 6.45) is 1.76. The number of anilines is 1. The molecule has 2 aromatic carbocycles. The molecule has 0 amide bonds. The Kier molecular flexibility index (Phi) is 3.97. The summed E-state index contributed by atoms with van der Waals surface area (Å²) in [5.74, 6) is 0. The second-order valence-electron chi connectivity index (χ2n) is 3.62. The van der Waals surface area contributed by atoms with Crippen LogP contribution in [0.3, 0.4) is 0 Å². The van der Waals surface area contributed by atoms with Crippen LogP contribution >= 0.6 is 0 Å². The maximum atomic E-state index is 4.25. The van der Waals surface area contributed by atoms with Crippen LogP contribution in [0.1, 0.15) is 0 Å². The first-order valence-corrected chi connectivity index (χ1v) is 6.23. The van der Waals surface area contributed by atoms with Crippen molar-refractivity contribution in [2.24, 2.45) is 4.99 Å². The SMILES string of the molecule is C=CCN=C([Se])Nc1ccc2ccccc2c1. The van der Waals surface area contributed by atoms with E-state index in [2.05, 4.69) is 57.2 Å². The zero-order chi connectivity index (χ0) is 12.1. The van der Waals surface area contributed by atoms with Crippen LogP contribution in [0.2, 0.25) is 0 Å². The first-order valence-electron chi connectivity index (χ1n) is 5.38. The van der Waals surface area contributed by atoms with Crippen molar-refractivity contribution in [2.45, 2.75) is 0 Å². The van der Waals surface area contributed by atoms with E-state index < -0.39 is 0 Å². The Labute approximate surface area is 109 Å². The van der Waals surface area contributed by atoms with Gasteiger partial charge in [-0.3, -0.25) is 0 Å². The monoisotopic (exact) mass is 289 g/mol. The van der Waals surface area contributed by atoms with Crippen molar-refractivity contribution in [3.63, 3.8) is 0 Å². The van der Waals surface area contributed by atoms with E-state index in [1.165, 1.54) is 10.8 Å². The van der Waals surface area contributed by atoms with Gasteiger partial charge in [0, 0.05) is 0 Å². The van der Waals surface area contributed by atoms with Crippen molar-refractivity contribution in [1.29, 1.82) is 0 Å². The van der Waals surface area contributed by atoms with Crippen molar-refractivity contribution in [1.82, 2.24) is 0 Å². The zero-order valence-corrected chi connectivity index (χ0v) is 11.1. The molecule has 2 aromatic rings. The Morgan fingerprint density at radius 2 is 2.00 bits per heavy atom. The fourth-order valence-electron chi connectivity index (χ4n) is 1.58. The molecule has 0 saturated heterocycles. The molecule has 0 aliphatic heterocycles. The number of benzene rings is 2. The van der Waals surface area contributed by atoms with Gasteiger partial charge < -0.3 is 0 Å². The summed E-state index contributed by atoms with van der Waals surface area (Å²) in [6, 6.07) is 14.5. The van der Waals surface area contributed by atoms with Gasteiger partial charge in [0.05, 0.1) is 0 Å². The van der Waals surface area contributed by atoms with Gasteiger partial charge in [-0.15, -0.1) is 0 Å². The summed E-state index contributed by atoms with van der Waals surface area (Å²) in [6.45, 7) is 4.25. The van der Waals surface area contributed by atoms with Gasteiger partial charge >= 0.3 is 109 Å². The van der Waals surface area contributed by atoms with E-state index in [0.29, 0.717) is 6.54 Å². The summed E-state index contributed by atoms with van der Waals surface area (Å²) in [5, 5.41) is 5.67. The van der Waals surface area contributed by atoms with E-state index in [9.17, 15) is 0 Å². The predicted octanol–water partition coefficient (Wildman–Crippen LogP) is 2.96. The molecule has 2 nitrogen and oxygen atoms in total. The molecule has 1 radical (unpaired) electrons. The van der Waals surface area contributed by atoms with Gasteiger partial charge in [-0.2, -0.15) is 0 Å². The van der Waals surface area contributed by atoms with Gasteiger partial charge in [0.1, 0.15) is 0 Å². The van der Waals surface area contributed by atoms with Gasteiger partial charge in [0.15, 0.2) is 0 Å². The van der Waals surface area contributed by atoms with Crippen molar-refractivity contribution in [3.05, 3.63) is 55.1 Å². The minimum atomic E-state index is 0.614. The first-order chi connectivity index (χ1) is 8.29. The Bertz CT molecular complexity index is 561. The molecule has 3 heteroatoms. The number of amidine groups is 1. The zero-order valence-electron chi connectivity index (χ0n) is 9.39. The number of rotatable bonds is 3. The molecule has 85 valence electrons. The van der Waals surface area contributed by atoms with Crippen molar-refractivity contribution >= 4 is 37.2 Å². The summed E-state index contributed by atoms with van der Waals surface area (Å²) in [5.41, 5.74) is 1.03. The molecule has 0 spiro atoms. The Hall–Kier alpha value is -1.57. The van der Waals surface area contributed by atoms with E-state index >= 15 is 0 Å². The number of hydrogen-bond donors (Lipinski definition) is 1. The van der Waals surface area contributed by atoms with Crippen LogP contribution in [0, 0.1) is 0 Å². The van der Waals surface area contributed by atoms with Crippen LogP contribution in [0.15, 0.2) is 60.1 Å². The van der Waals surface area contributed by atoms with Gasteiger partial charge in [0.2, 0.25) is 0 Å². The van der Waals surface area contributed by atoms with Gasteiger partial charge in [0.25, 0.3) is 0 Å². The van der Waals surface area contributed by atoms with Gasteiger partial charge in [-0.25, -0.2) is 0 Å². The fraction of sp³-hybridized carbons (Fsp3) is 0.0714. The average Bonchev–Trinajstić information content (AvgIpc) is 2.36. The van der Waals surface area contributed by atoms with Crippen LogP contribution in [0.4, 0.5) is 5.69 Å². The summed E-state index contributed by atoms with van der Waals surface area (Å²) >= 11 is 2.90. The van der Waals surface area contributed by atoms with Gasteiger partial charge in [-0.1, -0.05) is 0 Å². The molecule has 0 aliphatic rings. The molecule has 1 N–H and O–H groups in total. The molecule has 0 fully saturated rings. The van der Waals surface area contributed by atoms with Crippen LogP contribution in [-0.2, 0) is 0 Å². The van der Waals surface area contributed by atoms with Crippen LogP contribution in [0.25, 0.3) is 10.8 Å². The Balaban J connectivity index is 2.22. The van der Waals surface area contributed by atoms with Gasteiger partial charge in [-0.05, 0) is 0 Å². The molecule has 2 rings (SSSR count). The van der Waals surface area contributed by atoms with E-state index in [4.69, 9.17) is 0 Å². The quantitative estimate of drug-likeness (QED) is 0.399. The fourth-order valence-corrected chi connectivity index (χ4v) is 1.98. The van der Waals surface area contributed by atoms with Crippen LogP contribution in [-0.4, -0.2) is 27.3 Å². The maximum absolute atomic E-state index is 4.25. The molecular weight excluding hydrogens is 275 g/mol. The third-order valence-electron chi connectivity index (χ3n) is 2.36. The number of nitrogens with zero attached hydrogens (tertiary/aromatic N) is 1. The van der Waals surface area contributed by atoms with Crippen molar-refractivity contribution in [2.75, 3.05) is 11.9 Å². The number of aliphatic imine (C=N–C) groups is 1. The third kappa shape index (κ3) is 3.19. The molecule has 0 saturated carbocycles. The molecule has 17 heavy (non-hydrogen) atoms. The van der Waals surface area contributed by atoms with Crippen molar-refractivity contribution in [3.8, 4) is 0 Å². The standard InChI is InChI=1S/C14H13N2Se/c1-2-9-15-14(17)16-13-8-7-11-5-3-4-6-12(11)10-13/h2-8,10H,1,9H2,(H,15,16). The normalized spacial score (nSPS) is 11.4. The summed E-state index contributed by atoms with van der Waals surface area (Å²) in [7, 11) is 0. The topological polar surface area (TPSA) is 24.4 Å². The number of nitrogens with one attached hydrogen (secondary N) is 1. The summed E-state index contributed by atoms with van der Waals surface area (Å²) in [4.78, 5) is 4.25. The third-order valence-corrected chi connectivity index (χ3v) is 2.85. The minimum absolute atomic E-state index is 0.614. The van der Waals surface area contributed by atoms with Crippen LogP contribution < -0.4 is 5.32 Å². The molecule has 0 unspecified atom stereocenters. The molecular formula is C14H13N2Se. The Morgan fingerprint density at radius 1 is 1.24 bits per heavy atom. The molecule has 0 aliphatic carbocycles. The molecule has 0 bridgehead atoms. The predicted molar refractivity (Wildman–Crippen MR) is 75.8 cm³/mol. The number of hydrogen-bond acceptors (Lipinski definition) is 1. The second kappa shape index (κ2) is 5.67. The van der Waals surface area contributed by atoms with E-state index in [1.54, 1.807) is 6.08 Å². The first kappa shape index (κ1) is 11.9. The van der Waals surface area contributed by atoms with E-state index in [1.807, 2.05) is 18.2 Å². The summed E-state index contributed by atoms with van der Waals surface area (Å²) < 4.78 is 0.778. The Morgan fingerprint density at radius 3 is 2.76 bits per heavy atom. The van der Waals surface area contributed by atoms with Crippen LogP contribution in [0.5, 0.6) is 0 Å².